The maximum absolute atomic E-state index is 11.8. The molecule has 1 aliphatic heterocycles. The molecule has 1 amide bonds. The SMILES string of the molecule is CC1(C(=O)NC2CCCNCC2)CC1. The molecule has 1 aliphatic carbocycles. The second-order valence-corrected chi connectivity index (χ2v) is 4.91. The van der Waals surface area contributed by atoms with Crippen LogP contribution in [0, 0.1) is 5.41 Å². The normalized spacial score (nSPS) is 30.5. The molecule has 0 spiro atoms. The zero-order valence-electron chi connectivity index (χ0n) is 8.94. The summed E-state index contributed by atoms with van der Waals surface area (Å²) >= 11 is 0. The van der Waals surface area contributed by atoms with Gasteiger partial charge in [0.05, 0.1) is 0 Å². The van der Waals surface area contributed by atoms with Crippen LogP contribution in [0.1, 0.15) is 39.0 Å². The van der Waals surface area contributed by atoms with E-state index in [-0.39, 0.29) is 11.3 Å². The van der Waals surface area contributed by atoms with Crippen LogP contribution < -0.4 is 10.6 Å². The summed E-state index contributed by atoms with van der Waals surface area (Å²) in [6.07, 6.45) is 5.55. The predicted molar refractivity (Wildman–Crippen MR) is 56.0 cm³/mol. The lowest BCUT2D eigenvalue weighted by Gasteiger charge is -2.18. The first-order valence-electron chi connectivity index (χ1n) is 5.72. The average molecular weight is 196 g/mol. The van der Waals surface area contributed by atoms with Crippen molar-refractivity contribution in [2.45, 2.75) is 45.1 Å². The topological polar surface area (TPSA) is 41.1 Å². The van der Waals surface area contributed by atoms with E-state index in [1.54, 1.807) is 0 Å². The van der Waals surface area contributed by atoms with Gasteiger partial charge in [0.15, 0.2) is 0 Å². The third-order valence-electron chi connectivity index (χ3n) is 3.46. The summed E-state index contributed by atoms with van der Waals surface area (Å²) in [6.45, 7) is 4.21. The van der Waals surface area contributed by atoms with Gasteiger partial charge in [-0.15, -0.1) is 0 Å². The van der Waals surface area contributed by atoms with Gasteiger partial charge in [-0.3, -0.25) is 4.79 Å². The first kappa shape index (κ1) is 9.97. The summed E-state index contributed by atoms with van der Waals surface area (Å²) in [5, 5.41) is 6.54. The predicted octanol–water partition coefficient (Wildman–Crippen LogP) is 1.04. The van der Waals surface area contributed by atoms with Crippen LogP contribution in [0.2, 0.25) is 0 Å². The highest BCUT2D eigenvalue weighted by atomic mass is 16.2. The van der Waals surface area contributed by atoms with Gasteiger partial charge in [-0.2, -0.15) is 0 Å². The monoisotopic (exact) mass is 196 g/mol. The molecule has 1 atom stereocenters. The van der Waals surface area contributed by atoms with Crippen LogP contribution in [-0.4, -0.2) is 25.0 Å². The van der Waals surface area contributed by atoms with Crippen LogP contribution in [0.15, 0.2) is 0 Å². The number of carbonyl (C=O) groups excluding carboxylic acids is 1. The molecular formula is C11H20N2O. The first-order valence-corrected chi connectivity index (χ1v) is 5.72. The second-order valence-electron chi connectivity index (χ2n) is 4.91. The lowest BCUT2D eigenvalue weighted by molar-refractivity contribution is -0.126. The highest BCUT2D eigenvalue weighted by Crippen LogP contribution is 2.45. The van der Waals surface area contributed by atoms with Crippen molar-refractivity contribution in [1.82, 2.24) is 10.6 Å². The van der Waals surface area contributed by atoms with Crippen molar-refractivity contribution < 1.29 is 4.79 Å². The second kappa shape index (κ2) is 3.89. The number of carbonyl (C=O) groups is 1. The van der Waals surface area contributed by atoms with Gasteiger partial charge in [0.2, 0.25) is 5.91 Å². The lowest BCUT2D eigenvalue weighted by Crippen LogP contribution is -2.39. The third kappa shape index (κ3) is 2.27. The van der Waals surface area contributed by atoms with E-state index >= 15 is 0 Å². The Morgan fingerprint density at radius 2 is 2.14 bits per heavy atom. The Morgan fingerprint density at radius 1 is 1.36 bits per heavy atom. The average Bonchev–Trinajstić information content (AvgIpc) is 2.92. The van der Waals surface area contributed by atoms with Gasteiger partial charge in [-0.05, 0) is 45.2 Å². The fraction of sp³-hybridized carbons (Fsp3) is 0.909. The zero-order valence-corrected chi connectivity index (χ0v) is 8.94. The first-order chi connectivity index (χ1) is 6.71. The molecular weight excluding hydrogens is 176 g/mol. The molecule has 2 rings (SSSR count). The fourth-order valence-electron chi connectivity index (χ4n) is 1.94. The molecule has 3 heteroatoms. The number of hydrogen-bond acceptors (Lipinski definition) is 2. The summed E-state index contributed by atoms with van der Waals surface area (Å²) in [6, 6.07) is 0.412. The maximum Gasteiger partial charge on any atom is 0.226 e. The molecule has 3 nitrogen and oxygen atoms in total. The highest BCUT2D eigenvalue weighted by Gasteiger charge is 2.45. The molecule has 2 aliphatic rings. The van der Waals surface area contributed by atoms with E-state index in [4.69, 9.17) is 0 Å². The van der Waals surface area contributed by atoms with Crippen LogP contribution >= 0.6 is 0 Å². The molecule has 0 aromatic heterocycles. The van der Waals surface area contributed by atoms with Gasteiger partial charge in [0.25, 0.3) is 0 Å². The maximum atomic E-state index is 11.8. The molecule has 1 heterocycles. The van der Waals surface area contributed by atoms with E-state index in [1.807, 2.05) is 0 Å². The molecule has 2 N–H and O–H groups in total. The molecule has 1 unspecified atom stereocenters. The highest BCUT2D eigenvalue weighted by molar-refractivity contribution is 5.84. The van der Waals surface area contributed by atoms with Gasteiger partial charge in [0.1, 0.15) is 0 Å². The summed E-state index contributed by atoms with van der Waals surface area (Å²) < 4.78 is 0. The molecule has 2 fully saturated rings. The largest absolute Gasteiger partial charge is 0.353 e. The minimum atomic E-state index is -0.0142. The molecule has 0 aromatic rings. The number of amides is 1. The van der Waals surface area contributed by atoms with Gasteiger partial charge in [-0.1, -0.05) is 6.92 Å². The number of nitrogens with one attached hydrogen (secondary N) is 2. The van der Waals surface area contributed by atoms with Gasteiger partial charge in [-0.25, -0.2) is 0 Å². The summed E-state index contributed by atoms with van der Waals surface area (Å²) in [4.78, 5) is 11.8. The smallest absolute Gasteiger partial charge is 0.226 e. The molecule has 14 heavy (non-hydrogen) atoms. The van der Waals surface area contributed by atoms with Gasteiger partial charge >= 0.3 is 0 Å². The molecule has 0 bridgehead atoms. The fourth-order valence-corrected chi connectivity index (χ4v) is 1.94. The minimum Gasteiger partial charge on any atom is -0.353 e. The summed E-state index contributed by atoms with van der Waals surface area (Å²) in [5.41, 5.74) is -0.0142. The van der Waals surface area contributed by atoms with Crippen LogP contribution in [0.3, 0.4) is 0 Å². The number of hydrogen-bond donors (Lipinski definition) is 2. The molecule has 1 saturated heterocycles. The third-order valence-corrected chi connectivity index (χ3v) is 3.46. The van der Waals surface area contributed by atoms with E-state index in [1.165, 1.54) is 6.42 Å². The van der Waals surface area contributed by atoms with E-state index in [9.17, 15) is 4.79 Å². The Balaban J connectivity index is 1.80. The Labute approximate surface area is 85.6 Å². The quantitative estimate of drug-likeness (QED) is 0.693. The number of rotatable bonds is 2. The van der Waals surface area contributed by atoms with Crippen LogP contribution in [0.4, 0.5) is 0 Å². The van der Waals surface area contributed by atoms with Crippen molar-refractivity contribution in [3.8, 4) is 0 Å². The Morgan fingerprint density at radius 3 is 2.86 bits per heavy atom. The van der Waals surface area contributed by atoms with Crippen molar-refractivity contribution in [2.75, 3.05) is 13.1 Å². The van der Waals surface area contributed by atoms with Crippen LogP contribution in [0.25, 0.3) is 0 Å². The van der Waals surface area contributed by atoms with E-state index in [0.717, 1.165) is 38.8 Å². The van der Waals surface area contributed by atoms with Crippen LogP contribution in [0.5, 0.6) is 0 Å². The van der Waals surface area contributed by atoms with E-state index < -0.39 is 0 Å². The van der Waals surface area contributed by atoms with Crippen molar-refractivity contribution in [3.63, 3.8) is 0 Å². The van der Waals surface area contributed by atoms with Crippen LogP contribution in [-0.2, 0) is 4.79 Å². The standard InChI is InChI=1S/C11H20N2O/c1-11(5-6-11)10(14)13-9-3-2-7-12-8-4-9/h9,12H,2-8H2,1H3,(H,13,14). The molecule has 0 radical (unpaired) electrons. The van der Waals surface area contributed by atoms with E-state index in [0.29, 0.717) is 6.04 Å². The van der Waals surface area contributed by atoms with Crippen molar-refractivity contribution >= 4 is 5.91 Å². The molecule has 80 valence electrons. The molecule has 1 saturated carbocycles. The van der Waals surface area contributed by atoms with Gasteiger partial charge < -0.3 is 10.6 Å². The Bertz CT molecular complexity index is 215. The lowest BCUT2D eigenvalue weighted by atomic mass is 10.1. The van der Waals surface area contributed by atoms with Crippen molar-refractivity contribution in [1.29, 1.82) is 0 Å². The minimum absolute atomic E-state index is 0.0142. The van der Waals surface area contributed by atoms with E-state index in [2.05, 4.69) is 17.6 Å². The summed E-state index contributed by atoms with van der Waals surface area (Å²) in [7, 11) is 0. The van der Waals surface area contributed by atoms with Gasteiger partial charge in [0, 0.05) is 11.5 Å². The Kier molecular flexibility index (Phi) is 2.77. The van der Waals surface area contributed by atoms with Crippen molar-refractivity contribution in [3.05, 3.63) is 0 Å². The Hall–Kier alpha value is -0.570. The zero-order chi connectivity index (χ0) is 10.0. The van der Waals surface area contributed by atoms with Crippen molar-refractivity contribution in [2.24, 2.45) is 5.41 Å². The summed E-state index contributed by atoms with van der Waals surface area (Å²) in [5.74, 6) is 0.282. The molecule has 0 aromatic carbocycles.